The van der Waals surface area contributed by atoms with Crippen molar-refractivity contribution >= 4 is 18.3 Å². The molecule has 2 aromatic carbocycles. The lowest BCUT2D eigenvalue weighted by atomic mass is 10.0. The lowest BCUT2D eigenvalue weighted by Crippen LogP contribution is -2.36. The van der Waals surface area contributed by atoms with E-state index in [9.17, 15) is 0 Å². The lowest BCUT2D eigenvalue weighted by molar-refractivity contribution is -0.644. The van der Waals surface area contributed by atoms with Gasteiger partial charge in [-0.1, -0.05) is 67.7 Å². The predicted molar refractivity (Wildman–Crippen MR) is 98.9 cm³/mol. The summed E-state index contributed by atoms with van der Waals surface area (Å²) in [6.07, 6.45) is 1.83. The number of hydrogen-bond acceptors (Lipinski definition) is 4. The highest BCUT2D eigenvalue weighted by molar-refractivity contribution is 7.79. The summed E-state index contributed by atoms with van der Waals surface area (Å²) in [5, 5.41) is 5.18. The van der Waals surface area contributed by atoms with Crippen molar-refractivity contribution in [3.05, 3.63) is 84.2 Å². The molecule has 25 heavy (non-hydrogen) atoms. The molecule has 1 aliphatic rings. The molecule has 0 atom stereocenters. The number of rotatable bonds is 3. The van der Waals surface area contributed by atoms with Gasteiger partial charge in [0.25, 0.3) is 5.82 Å². The monoisotopic (exact) mass is 350 g/mol. The van der Waals surface area contributed by atoms with Crippen LogP contribution in [0.25, 0.3) is 5.69 Å². The Balaban J connectivity index is 0.00000182. The van der Waals surface area contributed by atoms with Gasteiger partial charge in [-0.3, -0.25) is 4.99 Å². The molecule has 0 saturated carbocycles. The fourth-order valence-corrected chi connectivity index (χ4v) is 3.39. The van der Waals surface area contributed by atoms with Gasteiger partial charge < -0.3 is 5.48 Å². The van der Waals surface area contributed by atoms with Gasteiger partial charge in [-0.05, 0) is 12.1 Å². The number of aliphatic imine (C=N–C) groups is 1. The molecule has 1 N–H and O–H groups in total. The van der Waals surface area contributed by atoms with E-state index in [4.69, 9.17) is 4.99 Å². The first kappa shape index (κ1) is 17.1. The van der Waals surface area contributed by atoms with Crippen LogP contribution >= 0.6 is 12.6 Å². The zero-order valence-corrected chi connectivity index (χ0v) is 14.5. The topological polar surface area (TPSA) is 64.1 Å². The van der Waals surface area contributed by atoms with Crippen LogP contribution in [-0.2, 0) is 13.1 Å². The Bertz CT molecular complexity index is 947. The van der Waals surface area contributed by atoms with Gasteiger partial charge in [0.15, 0.2) is 0 Å². The first-order chi connectivity index (χ1) is 11.8. The molecule has 0 saturated heterocycles. The summed E-state index contributed by atoms with van der Waals surface area (Å²) in [7, 11) is 0. The average Bonchev–Trinajstić information content (AvgIpc) is 2.82. The van der Waals surface area contributed by atoms with Gasteiger partial charge in [0.1, 0.15) is 18.8 Å². The van der Waals surface area contributed by atoms with Crippen molar-refractivity contribution in [3.63, 3.8) is 0 Å². The highest BCUT2D eigenvalue weighted by atomic mass is 32.1. The molecule has 0 bridgehead atoms. The van der Waals surface area contributed by atoms with E-state index in [0.29, 0.717) is 18.2 Å². The Labute approximate surface area is 151 Å². The Hall–Kier alpha value is -2.70. The fraction of sp³-hybridized carbons (Fsp3) is 0.105. The van der Waals surface area contributed by atoms with Crippen molar-refractivity contribution in [1.29, 1.82) is 0 Å². The van der Waals surface area contributed by atoms with E-state index in [-0.39, 0.29) is 5.48 Å². The van der Waals surface area contributed by atoms with E-state index < -0.39 is 0 Å². The Kier molecular flexibility index (Phi) is 4.83. The minimum Gasteiger partial charge on any atom is -0.870 e. The molecular weight excluding hydrogens is 332 g/mol. The molecule has 126 valence electrons. The minimum atomic E-state index is 0. The SMILES string of the molecule is C=CCn1nc(S)[n+]2c1CN=C(c1ccccc1)c1ccccc1-2.[OH-]. The fourth-order valence-electron chi connectivity index (χ4n) is 3.06. The van der Waals surface area contributed by atoms with Crippen LogP contribution in [0.2, 0.25) is 0 Å². The Morgan fingerprint density at radius 1 is 1.12 bits per heavy atom. The van der Waals surface area contributed by atoms with Gasteiger partial charge in [-0.2, -0.15) is 4.57 Å². The maximum atomic E-state index is 4.90. The zero-order chi connectivity index (χ0) is 16.5. The van der Waals surface area contributed by atoms with Gasteiger partial charge in [0.05, 0.1) is 10.8 Å². The smallest absolute Gasteiger partial charge is 0.338 e. The number of nitrogens with zero attached hydrogens (tertiary/aromatic N) is 4. The van der Waals surface area contributed by atoms with Crippen LogP contribution in [-0.4, -0.2) is 21.0 Å². The second kappa shape index (κ2) is 7.04. The molecule has 1 aliphatic heterocycles. The summed E-state index contributed by atoms with van der Waals surface area (Å²) >= 11 is 4.58. The van der Waals surface area contributed by atoms with Crippen molar-refractivity contribution < 1.29 is 10.0 Å². The van der Waals surface area contributed by atoms with E-state index in [0.717, 1.165) is 28.4 Å². The molecule has 0 spiro atoms. The molecule has 4 rings (SSSR count). The van der Waals surface area contributed by atoms with Gasteiger partial charge >= 0.3 is 5.16 Å². The lowest BCUT2D eigenvalue weighted by Gasteiger charge is -2.08. The molecule has 1 aromatic heterocycles. The number of allylic oxidation sites excluding steroid dienone is 1. The molecule has 0 radical (unpaired) electrons. The van der Waals surface area contributed by atoms with Crippen molar-refractivity contribution in [2.24, 2.45) is 4.99 Å². The van der Waals surface area contributed by atoms with Crippen LogP contribution in [0, 0.1) is 0 Å². The first-order valence-electron chi connectivity index (χ1n) is 7.81. The average molecular weight is 350 g/mol. The van der Waals surface area contributed by atoms with Crippen LogP contribution in [0.4, 0.5) is 0 Å². The van der Waals surface area contributed by atoms with Crippen LogP contribution in [0.3, 0.4) is 0 Å². The summed E-state index contributed by atoms with van der Waals surface area (Å²) in [6.45, 7) is 4.99. The van der Waals surface area contributed by atoms with Crippen LogP contribution in [0.5, 0.6) is 0 Å². The molecule has 3 aromatic rings. The number of para-hydroxylation sites is 1. The number of thiol groups is 1. The number of fused-ring (bicyclic) bond motifs is 3. The normalized spacial score (nSPS) is 12.3. The van der Waals surface area contributed by atoms with Crippen LogP contribution < -0.4 is 4.57 Å². The third-order valence-electron chi connectivity index (χ3n) is 4.09. The molecule has 0 aliphatic carbocycles. The highest BCUT2D eigenvalue weighted by Gasteiger charge is 2.29. The third kappa shape index (κ3) is 2.90. The van der Waals surface area contributed by atoms with E-state index in [1.54, 1.807) is 0 Å². The quantitative estimate of drug-likeness (QED) is 0.448. The molecule has 0 amide bonds. The predicted octanol–water partition coefficient (Wildman–Crippen LogP) is 2.81. The van der Waals surface area contributed by atoms with Crippen molar-refractivity contribution in [2.75, 3.05) is 0 Å². The molecule has 5 nitrogen and oxygen atoms in total. The number of hydrogen-bond donors (Lipinski definition) is 1. The molecule has 2 heterocycles. The summed E-state index contributed by atoms with van der Waals surface area (Å²) in [4.78, 5) is 4.90. The summed E-state index contributed by atoms with van der Waals surface area (Å²) in [5.41, 5.74) is 4.24. The number of benzene rings is 2. The van der Waals surface area contributed by atoms with Crippen LogP contribution in [0.1, 0.15) is 17.0 Å². The van der Waals surface area contributed by atoms with Crippen molar-refractivity contribution in [2.45, 2.75) is 18.2 Å². The maximum Gasteiger partial charge on any atom is 0.338 e. The minimum absolute atomic E-state index is 0. The summed E-state index contributed by atoms with van der Waals surface area (Å²) in [5.74, 6) is 0.998. The van der Waals surface area contributed by atoms with Gasteiger partial charge in [-0.25, -0.2) is 0 Å². The second-order valence-corrected chi connectivity index (χ2v) is 5.97. The van der Waals surface area contributed by atoms with E-state index >= 15 is 0 Å². The molecule has 6 heteroatoms. The Morgan fingerprint density at radius 3 is 2.60 bits per heavy atom. The molecule has 0 unspecified atom stereocenters. The van der Waals surface area contributed by atoms with Crippen molar-refractivity contribution in [3.8, 4) is 5.69 Å². The van der Waals surface area contributed by atoms with Gasteiger partial charge in [0, 0.05) is 11.1 Å². The first-order valence-corrected chi connectivity index (χ1v) is 8.25. The van der Waals surface area contributed by atoms with Gasteiger partial charge in [0.2, 0.25) is 0 Å². The third-order valence-corrected chi connectivity index (χ3v) is 4.38. The second-order valence-electron chi connectivity index (χ2n) is 5.57. The number of aromatic nitrogens is 3. The zero-order valence-electron chi connectivity index (χ0n) is 13.6. The molecule has 0 fully saturated rings. The standard InChI is InChI=1S/C19H16N4S.H2O/c1-2-12-22-17-13-20-18(14-8-4-3-5-9-14)15-10-6-7-11-16(15)23(17)19(24)21-22;/h2-11H,1,12-13H2;1H2. The molecular formula is C19H18N4OS. The Morgan fingerprint density at radius 2 is 1.84 bits per heavy atom. The van der Waals surface area contributed by atoms with Crippen LogP contribution in [0.15, 0.2) is 77.4 Å². The summed E-state index contributed by atoms with van der Waals surface area (Å²) in [6, 6.07) is 18.5. The highest BCUT2D eigenvalue weighted by Crippen LogP contribution is 2.21. The van der Waals surface area contributed by atoms with Gasteiger partial charge in [-0.15, -0.1) is 4.68 Å². The maximum absolute atomic E-state index is 4.90. The largest absolute Gasteiger partial charge is 0.870 e. The van der Waals surface area contributed by atoms with E-state index in [1.165, 1.54) is 0 Å². The van der Waals surface area contributed by atoms with Crippen molar-refractivity contribution in [1.82, 2.24) is 9.78 Å². The summed E-state index contributed by atoms with van der Waals surface area (Å²) < 4.78 is 3.98. The van der Waals surface area contributed by atoms with E-state index in [1.807, 2.05) is 41.1 Å². The van der Waals surface area contributed by atoms with E-state index in [2.05, 4.69) is 53.1 Å².